The van der Waals surface area contributed by atoms with Crippen molar-refractivity contribution < 1.29 is 71.2 Å². The average Bonchev–Trinajstić information content (AvgIpc) is 2.19. The van der Waals surface area contributed by atoms with Gasteiger partial charge in [-0.3, -0.25) is 4.79 Å². The summed E-state index contributed by atoms with van der Waals surface area (Å²) in [5.74, 6) is -1.65. The molecule has 5 nitrogen and oxygen atoms in total. The molecule has 0 aliphatic heterocycles. The summed E-state index contributed by atoms with van der Waals surface area (Å²) in [6.07, 6.45) is 0.127. The van der Waals surface area contributed by atoms with Gasteiger partial charge >= 0.3 is 51.4 Å². The number of benzene rings is 1. The number of carbonyl (C=O) groups is 2. The van der Waals surface area contributed by atoms with Crippen LogP contribution in [0.15, 0.2) is 24.3 Å². The summed E-state index contributed by atoms with van der Waals surface area (Å²) in [4.78, 5) is 21.5. The Morgan fingerprint density at radius 3 is 2.29 bits per heavy atom. The molecule has 1 atom stereocenters. The number of hydrogen-bond acceptors (Lipinski definition) is 4. The predicted molar refractivity (Wildman–Crippen MR) is 54.4 cm³/mol. The van der Waals surface area contributed by atoms with Crippen LogP contribution in [0.3, 0.4) is 0 Å². The van der Waals surface area contributed by atoms with Crippen LogP contribution in [0.5, 0.6) is 5.75 Å². The zero-order valence-electron chi connectivity index (χ0n) is 9.77. The number of carboxylic acid groups (broad SMARTS) is 1. The number of amides is 1. The number of aliphatic carboxylic acids is 1. The summed E-state index contributed by atoms with van der Waals surface area (Å²) >= 11 is 0. The number of carbonyl (C=O) groups excluding carboxylic acids is 2. The number of phenolic OH excluding ortho intramolecular Hbond substituents is 1. The van der Waals surface area contributed by atoms with E-state index in [0.717, 1.165) is 0 Å². The van der Waals surface area contributed by atoms with E-state index in [1.165, 1.54) is 19.1 Å². The first-order valence-corrected chi connectivity index (χ1v) is 4.75. The largest absolute Gasteiger partial charge is 1.00 e. The van der Waals surface area contributed by atoms with Crippen LogP contribution in [0.25, 0.3) is 0 Å². The number of hydrogen-bond donors (Lipinski definition) is 2. The van der Waals surface area contributed by atoms with Gasteiger partial charge in [0.15, 0.2) is 0 Å². The van der Waals surface area contributed by atoms with Crippen molar-refractivity contribution in [3.05, 3.63) is 29.8 Å². The fraction of sp³-hybridized carbons (Fsp3) is 0.273. The predicted octanol–water partition coefficient (Wildman–Crippen LogP) is -3.81. The number of carboxylic acids is 1. The first-order chi connectivity index (χ1) is 7.49. The number of aromatic hydroxyl groups is 1. The van der Waals surface area contributed by atoms with Gasteiger partial charge in [0.2, 0.25) is 5.91 Å². The number of nitrogens with one attached hydrogen (secondary N) is 1. The van der Waals surface area contributed by atoms with Gasteiger partial charge in [-0.05, 0) is 24.1 Å². The molecule has 1 rings (SSSR count). The Kier molecular flexibility index (Phi) is 7.65. The molecule has 86 valence electrons. The maximum atomic E-state index is 10.8. The van der Waals surface area contributed by atoms with Crippen molar-refractivity contribution in [2.45, 2.75) is 19.4 Å². The van der Waals surface area contributed by atoms with Gasteiger partial charge in [0, 0.05) is 6.92 Å². The van der Waals surface area contributed by atoms with Crippen molar-refractivity contribution in [2.24, 2.45) is 0 Å². The molecule has 0 aliphatic carbocycles. The maximum absolute atomic E-state index is 10.8. The van der Waals surface area contributed by atoms with Gasteiger partial charge in [0.1, 0.15) is 5.75 Å². The van der Waals surface area contributed by atoms with E-state index >= 15 is 0 Å². The Morgan fingerprint density at radius 1 is 1.35 bits per heavy atom. The van der Waals surface area contributed by atoms with E-state index in [4.69, 9.17) is 5.11 Å². The van der Waals surface area contributed by atoms with Crippen molar-refractivity contribution in [3.8, 4) is 5.75 Å². The van der Waals surface area contributed by atoms with Crippen LogP contribution >= 0.6 is 0 Å². The Bertz CT molecular complexity index is 391. The van der Waals surface area contributed by atoms with Crippen LogP contribution in [-0.2, 0) is 16.0 Å². The Labute approximate surface area is 142 Å². The fourth-order valence-electron chi connectivity index (χ4n) is 1.31. The fourth-order valence-corrected chi connectivity index (χ4v) is 1.31. The Morgan fingerprint density at radius 2 is 1.88 bits per heavy atom. The van der Waals surface area contributed by atoms with Gasteiger partial charge in [-0.25, -0.2) is 0 Å². The molecular formula is C11H12KNO4. The van der Waals surface area contributed by atoms with Crippen molar-refractivity contribution >= 4 is 11.9 Å². The second-order valence-corrected chi connectivity index (χ2v) is 3.44. The normalized spacial score (nSPS) is 11.1. The molecule has 1 amide bonds. The third-order valence-electron chi connectivity index (χ3n) is 2.04. The smallest absolute Gasteiger partial charge is 0.548 e. The van der Waals surface area contributed by atoms with Gasteiger partial charge in [-0.1, -0.05) is 12.1 Å². The van der Waals surface area contributed by atoms with E-state index in [2.05, 4.69) is 5.32 Å². The van der Waals surface area contributed by atoms with E-state index in [0.29, 0.717) is 5.56 Å². The summed E-state index contributed by atoms with van der Waals surface area (Å²) in [5.41, 5.74) is 0.695. The standard InChI is InChI=1S/C11H13NO4.K/c1-7(13)12-10(11(15)16)6-8-2-4-9(14)5-3-8;/h2-5,10,14H,6H2,1H3,(H,12,13)(H,15,16);/q;+1/p-1/t10-;/m0./s1. The van der Waals surface area contributed by atoms with Crippen LogP contribution < -0.4 is 61.8 Å². The topological polar surface area (TPSA) is 89.5 Å². The van der Waals surface area contributed by atoms with Gasteiger partial charge in [0.05, 0.1) is 12.0 Å². The number of rotatable bonds is 4. The molecule has 0 spiro atoms. The molecule has 0 aromatic heterocycles. The van der Waals surface area contributed by atoms with Crippen molar-refractivity contribution in [2.75, 3.05) is 0 Å². The zero-order valence-corrected chi connectivity index (χ0v) is 12.9. The van der Waals surface area contributed by atoms with Gasteiger partial charge in [-0.15, -0.1) is 0 Å². The SMILES string of the molecule is CC(=O)N[C@@H](Cc1ccc(O)cc1)C(=O)[O-].[K+]. The molecule has 0 radical (unpaired) electrons. The van der Waals surface area contributed by atoms with Crippen molar-refractivity contribution in [3.63, 3.8) is 0 Å². The third kappa shape index (κ3) is 6.18. The molecular weight excluding hydrogens is 249 g/mol. The minimum atomic E-state index is -1.33. The monoisotopic (exact) mass is 261 g/mol. The summed E-state index contributed by atoms with van der Waals surface area (Å²) in [7, 11) is 0. The van der Waals surface area contributed by atoms with Crippen LogP contribution in [0.4, 0.5) is 0 Å². The third-order valence-corrected chi connectivity index (χ3v) is 2.04. The molecule has 0 fully saturated rings. The van der Waals surface area contributed by atoms with E-state index in [1.807, 2.05) is 0 Å². The molecule has 1 aromatic rings. The van der Waals surface area contributed by atoms with E-state index in [9.17, 15) is 14.7 Å². The minimum absolute atomic E-state index is 0. The summed E-state index contributed by atoms with van der Waals surface area (Å²) in [5, 5.41) is 22.1. The van der Waals surface area contributed by atoms with Crippen LogP contribution in [0.1, 0.15) is 12.5 Å². The Balaban J connectivity index is 0.00000256. The second kappa shape index (κ2) is 7.83. The average molecular weight is 261 g/mol. The van der Waals surface area contributed by atoms with E-state index in [-0.39, 0.29) is 63.6 Å². The van der Waals surface area contributed by atoms with Crippen molar-refractivity contribution in [1.82, 2.24) is 5.32 Å². The molecule has 1 aromatic carbocycles. The van der Waals surface area contributed by atoms with Crippen LogP contribution in [0.2, 0.25) is 0 Å². The van der Waals surface area contributed by atoms with E-state index in [1.54, 1.807) is 12.1 Å². The van der Waals surface area contributed by atoms with Crippen LogP contribution in [0, 0.1) is 0 Å². The second-order valence-electron chi connectivity index (χ2n) is 3.44. The molecule has 2 N–H and O–H groups in total. The molecule has 0 heterocycles. The summed E-state index contributed by atoms with van der Waals surface area (Å²) in [6.45, 7) is 1.24. The Hall–Kier alpha value is -0.404. The van der Waals surface area contributed by atoms with Crippen molar-refractivity contribution in [1.29, 1.82) is 0 Å². The molecule has 0 saturated heterocycles. The zero-order chi connectivity index (χ0) is 12.1. The summed E-state index contributed by atoms with van der Waals surface area (Å²) < 4.78 is 0. The first kappa shape index (κ1) is 16.6. The van der Waals surface area contributed by atoms with Gasteiger partial charge < -0.3 is 20.3 Å². The van der Waals surface area contributed by atoms with Gasteiger partial charge in [0.25, 0.3) is 0 Å². The summed E-state index contributed by atoms with van der Waals surface area (Å²) in [6, 6.07) is 5.03. The van der Waals surface area contributed by atoms with E-state index < -0.39 is 17.9 Å². The molecule has 0 aliphatic rings. The molecule has 0 unspecified atom stereocenters. The maximum Gasteiger partial charge on any atom is 1.00 e. The quantitative estimate of drug-likeness (QED) is 0.544. The molecule has 0 saturated carbocycles. The minimum Gasteiger partial charge on any atom is -0.548 e. The molecule has 0 bridgehead atoms. The van der Waals surface area contributed by atoms with Crippen LogP contribution in [-0.4, -0.2) is 23.0 Å². The first-order valence-electron chi connectivity index (χ1n) is 4.75. The molecule has 6 heteroatoms. The molecule has 17 heavy (non-hydrogen) atoms. The van der Waals surface area contributed by atoms with Gasteiger partial charge in [-0.2, -0.15) is 0 Å². The number of phenols is 1.